The molecule has 2 aromatic rings. The third-order valence-electron chi connectivity index (χ3n) is 6.05. The van der Waals surface area contributed by atoms with Crippen molar-refractivity contribution in [3.8, 4) is 0 Å². The molecule has 1 amide bonds. The minimum atomic E-state index is -0.593. The van der Waals surface area contributed by atoms with Gasteiger partial charge in [-0.15, -0.1) is 0 Å². The third-order valence-corrected chi connectivity index (χ3v) is 6.58. The molecule has 2 fully saturated rings. The largest absolute Gasteiger partial charge is 0.507 e. The molecular formula is C24H24BrNO3. The zero-order valence-corrected chi connectivity index (χ0v) is 18.0. The molecule has 0 aromatic heterocycles. The van der Waals surface area contributed by atoms with E-state index in [-0.39, 0.29) is 17.4 Å². The van der Waals surface area contributed by atoms with Crippen molar-refractivity contribution in [2.45, 2.75) is 51.1 Å². The number of aliphatic hydroxyl groups excluding tert-OH is 1. The van der Waals surface area contributed by atoms with Crippen molar-refractivity contribution in [1.82, 2.24) is 4.90 Å². The second kappa shape index (κ2) is 8.15. The molecule has 5 heteroatoms. The summed E-state index contributed by atoms with van der Waals surface area (Å²) in [6.45, 7) is 1.98. The number of amides is 1. The molecule has 1 saturated heterocycles. The molecule has 2 aliphatic rings. The lowest BCUT2D eigenvalue weighted by Crippen LogP contribution is -2.40. The van der Waals surface area contributed by atoms with Crippen molar-refractivity contribution in [1.29, 1.82) is 0 Å². The monoisotopic (exact) mass is 453 g/mol. The Bertz CT molecular complexity index is 974. The van der Waals surface area contributed by atoms with Crippen LogP contribution < -0.4 is 0 Å². The number of aryl methyl sites for hydroxylation is 1. The number of halogens is 1. The van der Waals surface area contributed by atoms with Crippen LogP contribution in [0.3, 0.4) is 0 Å². The van der Waals surface area contributed by atoms with E-state index in [1.807, 2.05) is 43.3 Å². The van der Waals surface area contributed by atoms with Crippen LogP contribution in [0.15, 0.2) is 58.6 Å². The van der Waals surface area contributed by atoms with Gasteiger partial charge in [0.25, 0.3) is 11.7 Å². The molecule has 1 unspecified atom stereocenters. The first-order chi connectivity index (χ1) is 14.0. The van der Waals surface area contributed by atoms with Crippen molar-refractivity contribution in [3.05, 3.63) is 75.3 Å². The summed E-state index contributed by atoms with van der Waals surface area (Å²) in [5, 5.41) is 11.1. The van der Waals surface area contributed by atoms with E-state index in [1.165, 1.54) is 0 Å². The molecule has 1 N–H and O–H groups in total. The number of hydrogen-bond donors (Lipinski definition) is 1. The van der Waals surface area contributed by atoms with Gasteiger partial charge in [-0.3, -0.25) is 9.59 Å². The highest BCUT2D eigenvalue weighted by Gasteiger charge is 2.49. The second-order valence-electron chi connectivity index (χ2n) is 7.86. The quantitative estimate of drug-likeness (QED) is 0.378. The minimum absolute atomic E-state index is 0.0278. The molecule has 4 nitrogen and oxygen atoms in total. The first kappa shape index (κ1) is 19.9. The van der Waals surface area contributed by atoms with Crippen molar-refractivity contribution in [3.63, 3.8) is 0 Å². The van der Waals surface area contributed by atoms with Crippen LogP contribution in [0.5, 0.6) is 0 Å². The SMILES string of the molecule is Cc1ccccc1C1/C(=C(/O)c2ccc(Br)cc2)C(=O)C(=O)N1C1CCCCC1. The maximum absolute atomic E-state index is 13.1. The molecular weight excluding hydrogens is 430 g/mol. The summed E-state index contributed by atoms with van der Waals surface area (Å²) in [5.74, 6) is -1.20. The van der Waals surface area contributed by atoms with Gasteiger partial charge < -0.3 is 10.0 Å². The highest BCUT2D eigenvalue weighted by Crippen LogP contribution is 2.43. The number of hydrogen-bond acceptors (Lipinski definition) is 3. The standard InChI is InChI=1S/C24H24BrNO3/c1-15-7-5-6-10-19(15)21-20(22(27)16-11-13-17(25)14-12-16)23(28)24(29)26(21)18-8-3-2-4-9-18/h5-7,10-14,18,21,27H,2-4,8-9H2,1H3/b22-20-. The van der Waals surface area contributed by atoms with Crippen LogP contribution in [0.25, 0.3) is 5.76 Å². The van der Waals surface area contributed by atoms with Gasteiger partial charge in [0.1, 0.15) is 5.76 Å². The van der Waals surface area contributed by atoms with Crippen molar-refractivity contribution in [2.75, 3.05) is 0 Å². The zero-order valence-electron chi connectivity index (χ0n) is 16.4. The molecule has 1 heterocycles. The Labute approximate surface area is 179 Å². The predicted molar refractivity (Wildman–Crippen MR) is 116 cm³/mol. The van der Waals surface area contributed by atoms with Gasteiger partial charge in [0, 0.05) is 16.1 Å². The molecule has 1 aliphatic carbocycles. The van der Waals surface area contributed by atoms with E-state index >= 15 is 0 Å². The van der Waals surface area contributed by atoms with Gasteiger partial charge in [-0.1, -0.05) is 71.6 Å². The van der Waals surface area contributed by atoms with Gasteiger partial charge in [-0.25, -0.2) is 0 Å². The summed E-state index contributed by atoms with van der Waals surface area (Å²) in [7, 11) is 0. The fourth-order valence-electron chi connectivity index (χ4n) is 4.55. The van der Waals surface area contributed by atoms with Gasteiger partial charge in [0.2, 0.25) is 0 Å². The van der Waals surface area contributed by atoms with Gasteiger partial charge in [0.15, 0.2) is 0 Å². The maximum atomic E-state index is 13.1. The lowest BCUT2D eigenvalue weighted by Gasteiger charge is -2.36. The van der Waals surface area contributed by atoms with Crippen LogP contribution >= 0.6 is 15.9 Å². The lowest BCUT2D eigenvalue weighted by molar-refractivity contribution is -0.141. The third kappa shape index (κ3) is 3.64. The summed E-state index contributed by atoms with van der Waals surface area (Å²) in [6.07, 6.45) is 5.07. The van der Waals surface area contributed by atoms with Gasteiger partial charge in [0.05, 0.1) is 11.6 Å². The molecule has 1 aliphatic heterocycles. The number of ketones is 1. The molecule has 4 rings (SSSR count). The topological polar surface area (TPSA) is 57.6 Å². The average molecular weight is 454 g/mol. The molecule has 0 bridgehead atoms. The number of Topliss-reactive ketones (excluding diaryl/α,β-unsaturated/α-hetero) is 1. The van der Waals surface area contributed by atoms with E-state index in [0.29, 0.717) is 5.56 Å². The summed E-state index contributed by atoms with van der Waals surface area (Å²) in [5.41, 5.74) is 2.63. The first-order valence-corrected chi connectivity index (χ1v) is 10.9. The van der Waals surface area contributed by atoms with E-state index in [1.54, 1.807) is 17.0 Å². The maximum Gasteiger partial charge on any atom is 0.295 e. The number of rotatable bonds is 3. The average Bonchev–Trinajstić information content (AvgIpc) is 3.00. The molecule has 1 atom stereocenters. The van der Waals surface area contributed by atoms with Gasteiger partial charge in [-0.2, -0.15) is 0 Å². The van der Waals surface area contributed by atoms with Gasteiger partial charge in [-0.05, 0) is 43.0 Å². The van der Waals surface area contributed by atoms with Crippen molar-refractivity contribution >= 4 is 33.4 Å². The van der Waals surface area contributed by atoms with E-state index in [9.17, 15) is 14.7 Å². The van der Waals surface area contributed by atoms with E-state index in [4.69, 9.17) is 0 Å². The number of carbonyl (C=O) groups excluding carboxylic acids is 2. The van der Waals surface area contributed by atoms with Crippen molar-refractivity contribution in [2.24, 2.45) is 0 Å². The Balaban J connectivity index is 1.89. The van der Waals surface area contributed by atoms with Crippen LogP contribution in [-0.2, 0) is 9.59 Å². The fourth-order valence-corrected chi connectivity index (χ4v) is 4.81. The highest BCUT2D eigenvalue weighted by molar-refractivity contribution is 9.10. The molecule has 150 valence electrons. The number of likely N-dealkylation sites (tertiary alicyclic amines) is 1. The number of benzene rings is 2. The number of aliphatic hydroxyl groups is 1. The molecule has 0 radical (unpaired) electrons. The number of nitrogens with zero attached hydrogens (tertiary/aromatic N) is 1. The smallest absolute Gasteiger partial charge is 0.295 e. The van der Waals surface area contributed by atoms with Crippen LogP contribution in [0, 0.1) is 6.92 Å². The van der Waals surface area contributed by atoms with E-state index in [2.05, 4.69) is 15.9 Å². The Kier molecular flexibility index (Phi) is 5.59. The zero-order chi connectivity index (χ0) is 20.5. The van der Waals surface area contributed by atoms with Crippen molar-refractivity contribution < 1.29 is 14.7 Å². The van der Waals surface area contributed by atoms with Crippen LogP contribution in [0.1, 0.15) is 54.8 Å². The summed E-state index contributed by atoms with van der Waals surface area (Å²) < 4.78 is 0.882. The minimum Gasteiger partial charge on any atom is -0.507 e. The van der Waals surface area contributed by atoms with Crippen LogP contribution in [0.4, 0.5) is 0 Å². The van der Waals surface area contributed by atoms with E-state index in [0.717, 1.165) is 47.7 Å². The molecule has 1 saturated carbocycles. The summed E-state index contributed by atoms with van der Waals surface area (Å²) in [4.78, 5) is 28.0. The van der Waals surface area contributed by atoms with Gasteiger partial charge >= 0.3 is 0 Å². The molecule has 0 spiro atoms. The second-order valence-corrected chi connectivity index (χ2v) is 8.78. The van der Waals surface area contributed by atoms with E-state index < -0.39 is 17.7 Å². The normalized spacial score (nSPS) is 22.3. The Morgan fingerprint density at radius 1 is 1.00 bits per heavy atom. The highest BCUT2D eigenvalue weighted by atomic mass is 79.9. The van der Waals surface area contributed by atoms with Crippen LogP contribution in [0.2, 0.25) is 0 Å². The number of carbonyl (C=O) groups is 2. The Morgan fingerprint density at radius 3 is 2.31 bits per heavy atom. The predicted octanol–water partition coefficient (Wildman–Crippen LogP) is 5.51. The first-order valence-electron chi connectivity index (χ1n) is 10.1. The fraction of sp³-hybridized carbons (Fsp3) is 0.333. The summed E-state index contributed by atoms with van der Waals surface area (Å²) >= 11 is 3.39. The lowest BCUT2D eigenvalue weighted by atomic mass is 9.89. The molecule has 2 aromatic carbocycles. The summed E-state index contributed by atoms with van der Waals surface area (Å²) in [6, 6.07) is 14.4. The molecule has 29 heavy (non-hydrogen) atoms. The van der Waals surface area contributed by atoms with Crippen LogP contribution in [-0.4, -0.2) is 27.7 Å². The Morgan fingerprint density at radius 2 is 1.66 bits per heavy atom. The Hall–Kier alpha value is -2.40.